The van der Waals surface area contributed by atoms with E-state index in [1.807, 2.05) is 19.2 Å². The second-order valence-corrected chi connectivity index (χ2v) is 3.27. The van der Waals surface area contributed by atoms with E-state index in [-0.39, 0.29) is 0 Å². The Morgan fingerprint density at radius 3 is 2.50 bits per heavy atom. The summed E-state index contributed by atoms with van der Waals surface area (Å²) in [6.07, 6.45) is 6.13. The third-order valence-electron chi connectivity index (χ3n) is 2.06. The first-order chi connectivity index (χ1) is 6.61. The molecule has 0 fully saturated rings. The lowest BCUT2D eigenvalue weighted by molar-refractivity contribution is 0.308. The van der Waals surface area contributed by atoms with Crippen molar-refractivity contribution in [2.75, 3.05) is 20.7 Å². The standard InChI is InChI=1S/C12H21NO/c1-6-7-10-13(4)11(2)8-9-12(3)14-5/h8-9H,2-3,6-7,10H2,1,4-5H3/b9-8-. The molecule has 0 aliphatic carbocycles. The van der Waals surface area contributed by atoms with Crippen LogP contribution >= 0.6 is 0 Å². The Labute approximate surface area is 87.6 Å². The fourth-order valence-electron chi connectivity index (χ4n) is 0.923. The third-order valence-corrected chi connectivity index (χ3v) is 2.06. The molecule has 0 atom stereocenters. The molecule has 0 aromatic carbocycles. The zero-order valence-corrected chi connectivity index (χ0v) is 9.55. The molecule has 0 aromatic rings. The van der Waals surface area contributed by atoms with Gasteiger partial charge in [-0.1, -0.05) is 26.5 Å². The monoisotopic (exact) mass is 195 g/mol. The number of hydrogen-bond donors (Lipinski definition) is 0. The fraction of sp³-hybridized carbons (Fsp3) is 0.500. The van der Waals surface area contributed by atoms with E-state index in [1.54, 1.807) is 7.11 Å². The predicted molar refractivity (Wildman–Crippen MR) is 62.0 cm³/mol. The van der Waals surface area contributed by atoms with Crippen LogP contribution in [0.15, 0.2) is 36.8 Å². The molecule has 0 heterocycles. The van der Waals surface area contributed by atoms with E-state index in [2.05, 4.69) is 25.0 Å². The van der Waals surface area contributed by atoms with Gasteiger partial charge in [-0.05, 0) is 18.6 Å². The summed E-state index contributed by atoms with van der Waals surface area (Å²) in [5.41, 5.74) is 0.983. The summed E-state index contributed by atoms with van der Waals surface area (Å²) in [6, 6.07) is 0. The molecule has 0 aromatic heterocycles. The van der Waals surface area contributed by atoms with Gasteiger partial charge in [-0.2, -0.15) is 0 Å². The highest BCUT2D eigenvalue weighted by Crippen LogP contribution is 2.04. The van der Waals surface area contributed by atoms with Gasteiger partial charge in [-0.3, -0.25) is 0 Å². The summed E-state index contributed by atoms with van der Waals surface area (Å²) in [7, 11) is 3.65. The predicted octanol–water partition coefficient (Wildman–Crippen LogP) is 2.95. The maximum atomic E-state index is 4.92. The minimum atomic E-state index is 0.648. The van der Waals surface area contributed by atoms with Crippen LogP contribution in [0.4, 0.5) is 0 Å². The number of rotatable bonds is 7. The zero-order valence-electron chi connectivity index (χ0n) is 9.55. The van der Waals surface area contributed by atoms with Gasteiger partial charge in [0, 0.05) is 19.3 Å². The number of methoxy groups -OCH3 is 1. The first-order valence-corrected chi connectivity index (χ1v) is 4.92. The van der Waals surface area contributed by atoms with E-state index >= 15 is 0 Å². The summed E-state index contributed by atoms with van der Waals surface area (Å²) >= 11 is 0. The van der Waals surface area contributed by atoms with Crippen LogP contribution in [0.25, 0.3) is 0 Å². The van der Waals surface area contributed by atoms with Gasteiger partial charge in [0.1, 0.15) is 5.76 Å². The van der Waals surface area contributed by atoms with E-state index in [9.17, 15) is 0 Å². The molecule has 0 saturated heterocycles. The topological polar surface area (TPSA) is 12.5 Å². The van der Waals surface area contributed by atoms with E-state index in [4.69, 9.17) is 4.74 Å². The summed E-state index contributed by atoms with van der Waals surface area (Å²) in [6.45, 7) is 10.9. The van der Waals surface area contributed by atoms with Crippen molar-refractivity contribution in [3.63, 3.8) is 0 Å². The number of unbranched alkanes of at least 4 members (excludes halogenated alkanes) is 1. The third kappa shape index (κ3) is 5.46. The second kappa shape index (κ2) is 7.25. The average molecular weight is 195 g/mol. The maximum Gasteiger partial charge on any atom is 0.111 e. The van der Waals surface area contributed by atoms with Gasteiger partial charge in [-0.15, -0.1) is 0 Å². The average Bonchev–Trinajstić information content (AvgIpc) is 2.21. The number of nitrogens with zero attached hydrogens (tertiary/aromatic N) is 1. The summed E-state index contributed by atoms with van der Waals surface area (Å²) in [5, 5.41) is 0. The second-order valence-electron chi connectivity index (χ2n) is 3.27. The molecule has 0 aliphatic heterocycles. The number of likely N-dealkylation sites (N-methyl/N-ethyl adjacent to an activating group) is 1. The molecular formula is C12H21NO. The van der Waals surface area contributed by atoms with Crippen molar-refractivity contribution in [2.45, 2.75) is 19.8 Å². The molecule has 14 heavy (non-hydrogen) atoms. The minimum Gasteiger partial charge on any atom is -0.497 e. The molecule has 2 heteroatoms. The van der Waals surface area contributed by atoms with Crippen molar-refractivity contribution in [3.8, 4) is 0 Å². The van der Waals surface area contributed by atoms with Gasteiger partial charge in [0.05, 0.1) is 7.11 Å². The summed E-state index contributed by atoms with van der Waals surface area (Å²) < 4.78 is 4.92. The van der Waals surface area contributed by atoms with Gasteiger partial charge in [0.25, 0.3) is 0 Å². The van der Waals surface area contributed by atoms with Crippen LogP contribution < -0.4 is 0 Å². The quantitative estimate of drug-likeness (QED) is 0.457. The summed E-state index contributed by atoms with van der Waals surface area (Å²) in [5.74, 6) is 0.648. The first-order valence-electron chi connectivity index (χ1n) is 4.92. The molecule has 0 radical (unpaired) electrons. The lowest BCUT2D eigenvalue weighted by atomic mass is 10.3. The lowest BCUT2D eigenvalue weighted by Crippen LogP contribution is -2.16. The first kappa shape index (κ1) is 12.8. The number of allylic oxidation sites excluding steroid dienone is 2. The van der Waals surface area contributed by atoms with Crippen molar-refractivity contribution in [2.24, 2.45) is 0 Å². The Morgan fingerprint density at radius 1 is 1.36 bits per heavy atom. The highest BCUT2D eigenvalue weighted by atomic mass is 16.5. The molecule has 0 aliphatic rings. The van der Waals surface area contributed by atoms with Gasteiger partial charge in [0.2, 0.25) is 0 Å². The van der Waals surface area contributed by atoms with Gasteiger partial charge in [0.15, 0.2) is 0 Å². The van der Waals surface area contributed by atoms with Crippen LogP contribution in [0.2, 0.25) is 0 Å². The van der Waals surface area contributed by atoms with Crippen molar-refractivity contribution in [1.29, 1.82) is 0 Å². The van der Waals surface area contributed by atoms with Gasteiger partial charge >= 0.3 is 0 Å². The molecular weight excluding hydrogens is 174 g/mol. The number of hydrogen-bond acceptors (Lipinski definition) is 2. The normalized spacial score (nSPS) is 10.2. The smallest absolute Gasteiger partial charge is 0.111 e. The van der Waals surface area contributed by atoms with Crippen LogP contribution in [0.5, 0.6) is 0 Å². The Balaban J connectivity index is 3.94. The van der Waals surface area contributed by atoms with Crippen LogP contribution in [-0.2, 0) is 4.74 Å². The molecule has 0 saturated carbocycles. The van der Waals surface area contributed by atoms with E-state index in [0.717, 1.165) is 12.2 Å². The molecule has 0 unspecified atom stereocenters. The zero-order chi connectivity index (χ0) is 11.0. The molecule has 0 spiro atoms. The molecule has 80 valence electrons. The van der Waals surface area contributed by atoms with Crippen LogP contribution in [0.3, 0.4) is 0 Å². The summed E-state index contributed by atoms with van der Waals surface area (Å²) in [4.78, 5) is 2.13. The minimum absolute atomic E-state index is 0.648. The Hall–Kier alpha value is -1.18. The molecule has 0 bridgehead atoms. The Kier molecular flexibility index (Phi) is 6.63. The SMILES string of the molecule is C=C(/C=C\C(=C)N(C)CCCC)OC. The van der Waals surface area contributed by atoms with Crippen molar-refractivity contribution in [1.82, 2.24) is 4.90 Å². The lowest BCUT2D eigenvalue weighted by Gasteiger charge is -2.18. The van der Waals surface area contributed by atoms with Crippen molar-refractivity contribution >= 4 is 0 Å². The molecule has 0 amide bonds. The maximum absolute atomic E-state index is 4.92. The van der Waals surface area contributed by atoms with Crippen LogP contribution in [0.1, 0.15) is 19.8 Å². The van der Waals surface area contributed by atoms with Crippen molar-refractivity contribution in [3.05, 3.63) is 36.8 Å². The molecule has 0 rings (SSSR count). The van der Waals surface area contributed by atoms with E-state index < -0.39 is 0 Å². The molecule has 2 nitrogen and oxygen atoms in total. The highest BCUT2D eigenvalue weighted by Gasteiger charge is 1.96. The van der Waals surface area contributed by atoms with Crippen molar-refractivity contribution < 1.29 is 4.74 Å². The van der Waals surface area contributed by atoms with Crippen LogP contribution in [0, 0.1) is 0 Å². The largest absolute Gasteiger partial charge is 0.497 e. The van der Waals surface area contributed by atoms with Gasteiger partial charge in [-0.25, -0.2) is 0 Å². The Bertz CT molecular complexity index is 218. The van der Waals surface area contributed by atoms with E-state index in [1.165, 1.54) is 12.8 Å². The van der Waals surface area contributed by atoms with Crippen LogP contribution in [-0.4, -0.2) is 25.6 Å². The fourth-order valence-corrected chi connectivity index (χ4v) is 0.923. The Morgan fingerprint density at radius 2 is 2.00 bits per heavy atom. The van der Waals surface area contributed by atoms with E-state index in [0.29, 0.717) is 5.76 Å². The molecule has 0 N–H and O–H groups in total. The van der Waals surface area contributed by atoms with Gasteiger partial charge < -0.3 is 9.64 Å². The number of ether oxygens (including phenoxy) is 1. The highest BCUT2D eigenvalue weighted by molar-refractivity contribution is 5.20.